The Hall–Kier alpha value is -3.23. The lowest BCUT2D eigenvalue weighted by Gasteiger charge is -2.34. The minimum Gasteiger partial charge on any atom is -0.380 e. The highest BCUT2D eigenvalue weighted by molar-refractivity contribution is 6.31. The number of halogens is 1. The summed E-state index contributed by atoms with van der Waals surface area (Å²) in [5.74, 6) is 0.674. The Morgan fingerprint density at radius 2 is 1.94 bits per heavy atom. The molecule has 2 aromatic heterocycles. The van der Waals surface area contributed by atoms with Gasteiger partial charge in [-0.3, -0.25) is 4.79 Å². The van der Waals surface area contributed by atoms with Crippen LogP contribution in [0.2, 0.25) is 5.02 Å². The van der Waals surface area contributed by atoms with Gasteiger partial charge in [0, 0.05) is 32.1 Å². The summed E-state index contributed by atoms with van der Waals surface area (Å²) >= 11 is 6.21. The first-order valence-electron chi connectivity index (χ1n) is 10.8. The van der Waals surface area contributed by atoms with Crippen molar-refractivity contribution < 1.29 is 9.53 Å². The van der Waals surface area contributed by atoms with Crippen molar-refractivity contribution in [3.8, 4) is 5.69 Å². The molecule has 8 nitrogen and oxygen atoms in total. The van der Waals surface area contributed by atoms with Crippen molar-refractivity contribution in [3.63, 3.8) is 0 Å². The van der Waals surface area contributed by atoms with E-state index in [4.69, 9.17) is 21.3 Å². The third-order valence-corrected chi connectivity index (χ3v) is 6.76. The van der Waals surface area contributed by atoms with Gasteiger partial charge in [0.1, 0.15) is 11.4 Å². The maximum Gasteiger partial charge on any atom is 0.257 e. The Bertz CT molecular complexity index is 1350. The van der Waals surface area contributed by atoms with E-state index < -0.39 is 5.54 Å². The molecule has 0 saturated carbocycles. The number of fused-ring (bicyclic) bond motifs is 1. The predicted octanol–water partition coefficient (Wildman–Crippen LogP) is 3.89. The van der Waals surface area contributed by atoms with Gasteiger partial charge in [0.25, 0.3) is 5.91 Å². The summed E-state index contributed by atoms with van der Waals surface area (Å²) in [5.41, 5.74) is 3.26. The number of hydrogen-bond donors (Lipinski definition) is 0. The normalized spacial score (nSPS) is 20.6. The van der Waals surface area contributed by atoms with Gasteiger partial charge < -0.3 is 14.2 Å². The minimum atomic E-state index is -0.683. The maximum atomic E-state index is 14.0. The minimum absolute atomic E-state index is 0.112. The Labute approximate surface area is 196 Å². The molecule has 1 fully saturated rings. The predicted molar refractivity (Wildman–Crippen MR) is 126 cm³/mol. The molecule has 0 aliphatic carbocycles. The molecule has 2 atom stereocenters. The molecule has 170 valence electrons. The van der Waals surface area contributed by atoms with Crippen LogP contribution >= 0.6 is 11.6 Å². The average Bonchev–Trinajstić information content (AvgIpc) is 3.52. The lowest BCUT2D eigenvalue weighted by molar-refractivity contribution is 0.0585. The van der Waals surface area contributed by atoms with Gasteiger partial charge in [0.2, 0.25) is 0 Å². The van der Waals surface area contributed by atoms with E-state index in [0.29, 0.717) is 29.2 Å². The second-order valence-corrected chi connectivity index (χ2v) is 9.15. The highest BCUT2D eigenvalue weighted by Crippen LogP contribution is 2.41. The van der Waals surface area contributed by atoms with Crippen molar-refractivity contribution in [3.05, 3.63) is 70.8 Å². The summed E-state index contributed by atoms with van der Waals surface area (Å²) in [5, 5.41) is 9.14. The summed E-state index contributed by atoms with van der Waals surface area (Å²) in [6, 6.07) is 11.3. The molecule has 0 N–H and O–H groups in total. The van der Waals surface area contributed by atoms with Crippen molar-refractivity contribution in [1.29, 1.82) is 0 Å². The van der Waals surface area contributed by atoms with Crippen LogP contribution < -0.4 is 0 Å². The van der Waals surface area contributed by atoms with Gasteiger partial charge in [0.15, 0.2) is 0 Å². The van der Waals surface area contributed by atoms with Crippen molar-refractivity contribution in [2.24, 2.45) is 7.05 Å². The quantitative estimate of drug-likeness (QED) is 0.458. The Balaban J connectivity index is 1.63. The summed E-state index contributed by atoms with van der Waals surface area (Å²) in [7, 11) is 3.65. The molecular weight excluding hydrogens is 440 g/mol. The average molecular weight is 465 g/mol. The van der Waals surface area contributed by atoms with Crippen molar-refractivity contribution in [2.75, 3.05) is 13.7 Å². The first-order chi connectivity index (χ1) is 15.8. The van der Waals surface area contributed by atoms with Gasteiger partial charge in [-0.15, -0.1) is 0 Å². The number of imidazole rings is 1. The number of amides is 1. The molecule has 2 aromatic carbocycles. The standard InChI is InChI=1S/C24H25ClN6O2/c1-15-5-7-18(21(11-15)31-26-9-10-27-31)22(32)30-14-17(33-4)13-24(30,2)23-28-19-12-16(25)6-8-20(19)29(23)3/h5-12,17H,13-14H2,1-4H3/t17-,24?/m1/s1. The number of carbonyl (C=O) groups is 1. The lowest BCUT2D eigenvalue weighted by Crippen LogP contribution is -2.44. The molecule has 0 spiro atoms. The van der Waals surface area contributed by atoms with E-state index in [-0.39, 0.29) is 12.0 Å². The van der Waals surface area contributed by atoms with Crippen LogP contribution in [0, 0.1) is 6.92 Å². The molecule has 4 aromatic rings. The zero-order chi connectivity index (χ0) is 23.3. The molecule has 5 rings (SSSR count). The molecule has 1 unspecified atom stereocenters. The third kappa shape index (κ3) is 3.50. The molecule has 1 aliphatic rings. The van der Waals surface area contributed by atoms with E-state index in [1.54, 1.807) is 19.5 Å². The number of ether oxygens (including phenoxy) is 1. The van der Waals surface area contributed by atoms with Crippen LogP contribution in [-0.4, -0.2) is 55.1 Å². The summed E-state index contributed by atoms with van der Waals surface area (Å²) in [6.07, 6.45) is 3.71. The van der Waals surface area contributed by atoms with Crippen LogP contribution in [0.25, 0.3) is 16.7 Å². The molecule has 0 radical (unpaired) electrons. The van der Waals surface area contributed by atoms with Crippen molar-refractivity contribution in [1.82, 2.24) is 29.4 Å². The number of methoxy groups -OCH3 is 1. The van der Waals surface area contributed by atoms with Gasteiger partial charge in [-0.25, -0.2) is 4.98 Å². The fraction of sp³-hybridized carbons (Fsp3) is 0.333. The molecule has 0 bridgehead atoms. The second kappa shape index (κ2) is 7.97. The zero-order valence-corrected chi connectivity index (χ0v) is 19.7. The zero-order valence-electron chi connectivity index (χ0n) is 19.0. The van der Waals surface area contributed by atoms with E-state index in [9.17, 15) is 4.79 Å². The van der Waals surface area contributed by atoms with Gasteiger partial charge in [0.05, 0.1) is 40.8 Å². The summed E-state index contributed by atoms with van der Waals surface area (Å²) < 4.78 is 7.75. The van der Waals surface area contributed by atoms with Crippen LogP contribution in [0.3, 0.4) is 0 Å². The van der Waals surface area contributed by atoms with Crippen LogP contribution in [0.1, 0.15) is 35.1 Å². The van der Waals surface area contributed by atoms with E-state index in [1.807, 2.05) is 66.8 Å². The third-order valence-electron chi connectivity index (χ3n) is 6.53. The molecule has 1 amide bonds. The van der Waals surface area contributed by atoms with E-state index in [0.717, 1.165) is 22.4 Å². The van der Waals surface area contributed by atoms with Crippen molar-refractivity contribution in [2.45, 2.75) is 31.9 Å². The van der Waals surface area contributed by atoms with Gasteiger partial charge in [-0.05, 0) is 49.7 Å². The smallest absolute Gasteiger partial charge is 0.257 e. The van der Waals surface area contributed by atoms with Crippen molar-refractivity contribution >= 4 is 28.5 Å². The molecule has 9 heteroatoms. The number of hydrogen-bond acceptors (Lipinski definition) is 5. The van der Waals surface area contributed by atoms with Crippen LogP contribution in [0.15, 0.2) is 48.8 Å². The lowest BCUT2D eigenvalue weighted by atomic mass is 9.95. The van der Waals surface area contributed by atoms with Gasteiger partial charge in [-0.1, -0.05) is 17.7 Å². The highest BCUT2D eigenvalue weighted by atomic mass is 35.5. The second-order valence-electron chi connectivity index (χ2n) is 8.72. The number of likely N-dealkylation sites (tertiary alicyclic amines) is 1. The largest absolute Gasteiger partial charge is 0.380 e. The number of aromatic nitrogens is 5. The van der Waals surface area contributed by atoms with Crippen LogP contribution in [0.4, 0.5) is 0 Å². The first kappa shape index (κ1) is 21.6. The number of carbonyl (C=O) groups excluding carboxylic acids is 1. The summed E-state index contributed by atoms with van der Waals surface area (Å²) in [6.45, 7) is 4.48. The van der Waals surface area contributed by atoms with E-state index in [2.05, 4.69) is 10.2 Å². The first-order valence-corrected chi connectivity index (χ1v) is 11.1. The van der Waals surface area contributed by atoms with Gasteiger partial charge in [-0.2, -0.15) is 15.0 Å². The number of rotatable bonds is 4. The molecule has 1 aliphatic heterocycles. The Morgan fingerprint density at radius 1 is 1.18 bits per heavy atom. The monoisotopic (exact) mass is 464 g/mol. The highest BCUT2D eigenvalue weighted by Gasteiger charge is 2.49. The summed E-state index contributed by atoms with van der Waals surface area (Å²) in [4.78, 5) is 22.3. The SMILES string of the molecule is CO[C@H]1CN(C(=O)c2ccc(C)cc2-n2nccn2)C(C)(c2nc3cc(Cl)ccc3n2C)C1. The maximum absolute atomic E-state index is 14.0. The number of aryl methyl sites for hydroxylation is 2. The fourth-order valence-electron chi connectivity index (χ4n) is 4.83. The number of nitrogens with zero attached hydrogens (tertiary/aromatic N) is 6. The Kier molecular flexibility index (Phi) is 5.22. The fourth-order valence-corrected chi connectivity index (χ4v) is 4.99. The van der Waals surface area contributed by atoms with Crippen LogP contribution in [0.5, 0.6) is 0 Å². The molecule has 33 heavy (non-hydrogen) atoms. The number of benzene rings is 2. The van der Waals surface area contributed by atoms with Gasteiger partial charge >= 0.3 is 0 Å². The topological polar surface area (TPSA) is 78.1 Å². The Morgan fingerprint density at radius 3 is 2.67 bits per heavy atom. The molecular formula is C24H25ClN6O2. The van der Waals surface area contributed by atoms with Crippen LogP contribution in [-0.2, 0) is 17.3 Å². The van der Waals surface area contributed by atoms with E-state index >= 15 is 0 Å². The molecule has 1 saturated heterocycles. The van der Waals surface area contributed by atoms with E-state index in [1.165, 1.54) is 4.80 Å². The molecule has 3 heterocycles.